The Kier molecular flexibility index (Phi) is 5.48. The van der Waals surface area contributed by atoms with E-state index in [-0.39, 0.29) is 31.1 Å². The molecule has 31 heavy (non-hydrogen) atoms. The van der Waals surface area contributed by atoms with E-state index in [4.69, 9.17) is 4.74 Å². The molecule has 6 nitrogen and oxygen atoms in total. The zero-order chi connectivity index (χ0) is 22.2. The number of hydrogen-bond acceptors (Lipinski definition) is 5. The highest BCUT2D eigenvalue weighted by atomic mass is 19.4. The highest BCUT2D eigenvalue weighted by molar-refractivity contribution is 5.95. The monoisotopic (exact) mass is 435 g/mol. The zero-order valence-electron chi connectivity index (χ0n) is 16.0. The van der Waals surface area contributed by atoms with Crippen molar-refractivity contribution in [3.8, 4) is 11.6 Å². The van der Waals surface area contributed by atoms with Crippen LogP contribution in [0.3, 0.4) is 0 Å². The number of nitrogens with zero attached hydrogens (tertiary/aromatic N) is 3. The fourth-order valence-corrected chi connectivity index (χ4v) is 3.26. The Hall–Kier alpha value is -3.27. The van der Waals surface area contributed by atoms with Crippen LogP contribution in [-0.4, -0.2) is 51.2 Å². The topological polar surface area (TPSA) is 75.5 Å². The molecule has 3 aromatic rings. The van der Waals surface area contributed by atoms with Gasteiger partial charge in [-0.05, 0) is 36.8 Å². The summed E-state index contributed by atoms with van der Waals surface area (Å²) in [6.45, 7) is 0.107. The number of piperidine rings is 1. The SMILES string of the molecule is O=C(c1ccc2cc(Oc3ccc(C(F)(F)F)cn3)ccc2n1)N1CC[C@H](F)[C@@H](O)C1. The molecule has 4 rings (SSSR count). The Balaban J connectivity index is 1.50. The van der Waals surface area contributed by atoms with Gasteiger partial charge in [0.15, 0.2) is 0 Å². The summed E-state index contributed by atoms with van der Waals surface area (Å²) >= 11 is 0. The Morgan fingerprint density at radius 2 is 1.97 bits per heavy atom. The molecule has 2 aromatic heterocycles. The van der Waals surface area contributed by atoms with E-state index in [1.165, 1.54) is 11.0 Å². The number of aromatic nitrogens is 2. The molecule has 0 bridgehead atoms. The predicted octanol–water partition coefficient (Wildman–Crippen LogP) is 3.99. The van der Waals surface area contributed by atoms with Crippen LogP contribution < -0.4 is 4.74 Å². The van der Waals surface area contributed by atoms with Gasteiger partial charge in [-0.25, -0.2) is 14.4 Å². The van der Waals surface area contributed by atoms with Crippen molar-refractivity contribution < 1.29 is 32.2 Å². The first-order valence-electron chi connectivity index (χ1n) is 9.44. The standard InChI is InChI=1S/C21H17F4N3O3/c22-15-7-8-28(11-18(15)29)20(30)17-4-1-12-9-14(3-5-16(12)27-17)31-19-6-2-13(10-26-19)21(23,24)25/h1-6,9-10,15,18,29H,7-8,11H2/t15-,18-/m0/s1. The third-order valence-corrected chi connectivity index (χ3v) is 4.95. The molecular formula is C21H17F4N3O3. The van der Waals surface area contributed by atoms with E-state index in [9.17, 15) is 27.5 Å². The minimum Gasteiger partial charge on any atom is -0.439 e. The first kappa shape index (κ1) is 21.0. The molecule has 0 radical (unpaired) electrons. The third kappa shape index (κ3) is 4.58. The van der Waals surface area contributed by atoms with Gasteiger partial charge in [-0.15, -0.1) is 0 Å². The smallest absolute Gasteiger partial charge is 0.417 e. The quantitative estimate of drug-likeness (QED) is 0.630. The molecule has 3 heterocycles. The average molecular weight is 435 g/mol. The lowest BCUT2D eigenvalue weighted by Gasteiger charge is -2.32. The van der Waals surface area contributed by atoms with E-state index in [0.29, 0.717) is 22.8 Å². The second-order valence-electron chi connectivity index (χ2n) is 7.16. The summed E-state index contributed by atoms with van der Waals surface area (Å²) in [6, 6.07) is 9.96. The van der Waals surface area contributed by atoms with Gasteiger partial charge in [-0.2, -0.15) is 13.2 Å². The molecule has 1 fully saturated rings. The van der Waals surface area contributed by atoms with E-state index >= 15 is 0 Å². The summed E-state index contributed by atoms with van der Waals surface area (Å²) < 4.78 is 56.8. The summed E-state index contributed by atoms with van der Waals surface area (Å²) in [4.78, 5) is 22.0. The number of ether oxygens (including phenoxy) is 1. The summed E-state index contributed by atoms with van der Waals surface area (Å²) in [6.07, 6.45) is -6.27. The molecule has 0 aliphatic carbocycles. The van der Waals surface area contributed by atoms with Gasteiger partial charge in [-0.1, -0.05) is 6.07 Å². The molecule has 1 N–H and O–H groups in total. The van der Waals surface area contributed by atoms with E-state index in [1.807, 2.05) is 0 Å². The van der Waals surface area contributed by atoms with Gasteiger partial charge >= 0.3 is 6.18 Å². The van der Waals surface area contributed by atoms with E-state index in [1.54, 1.807) is 24.3 Å². The minimum atomic E-state index is -4.48. The molecule has 1 saturated heterocycles. The van der Waals surface area contributed by atoms with Gasteiger partial charge in [0.05, 0.1) is 11.1 Å². The molecule has 1 aromatic carbocycles. The highest BCUT2D eigenvalue weighted by Gasteiger charge is 2.31. The Bertz CT molecular complexity index is 1110. The lowest BCUT2D eigenvalue weighted by atomic mass is 10.1. The van der Waals surface area contributed by atoms with E-state index < -0.39 is 29.9 Å². The fourth-order valence-electron chi connectivity index (χ4n) is 3.26. The maximum Gasteiger partial charge on any atom is 0.417 e. The number of halogens is 4. The number of carbonyl (C=O) groups excluding carboxylic acids is 1. The van der Waals surface area contributed by atoms with Crippen LogP contribution in [0.25, 0.3) is 10.9 Å². The number of fused-ring (bicyclic) bond motifs is 1. The number of aliphatic hydroxyl groups is 1. The molecule has 162 valence electrons. The van der Waals surface area contributed by atoms with Crippen molar-refractivity contribution in [1.82, 2.24) is 14.9 Å². The van der Waals surface area contributed by atoms with Crippen molar-refractivity contribution in [3.63, 3.8) is 0 Å². The lowest BCUT2D eigenvalue weighted by Crippen LogP contribution is -2.47. The normalized spacial score (nSPS) is 19.5. The van der Waals surface area contributed by atoms with Gasteiger partial charge < -0.3 is 14.7 Å². The number of benzene rings is 1. The Labute approximate surface area is 174 Å². The number of alkyl halides is 4. The minimum absolute atomic E-state index is 0.00179. The lowest BCUT2D eigenvalue weighted by molar-refractivity contribution is -0.137. The van der Waals surface area contributed by atoms with Crippen LogP contribution in [-0.2, 0) is 6.18 Å². The van der Waals surface area contributed by atoms with Crippen molar-refractivity contribution in [2.75, 3.05) is 13.1 Å². The average Bonchev–Trinajstić information content (AvgIpc) is 2.74. The predicted molar refractivity (Wildman–Crippen MR) is 102 cm³/mol. The second-order valence-corrected chi connectivity index (χ2v) is 7.16. The van der Waals surface area contributed by atoms with Gasteiger partial charge in [0, 0.05) is 30.7 Å². The molecular weight excluding hydrogens is 418 g/mol. The zero-order valence-corrected chi connectivity index (χ0v) is 16.0. The fraction of sp³-hybridized carbons (Fsp3) is 0.286. The van der Waals surface area contributed by atoms with Crippen LogP contribution >= 0.6 is 0 Å². The molecule has 0 saturated carbocycles. The van der Waals surface area contributed by atoms with Crippen LogP contribution in [0.15, 0.2) is 48.7 Å². The molecule has 1 aliphatic heterocycles. The van der Waals surface area contributed by atoms with Crippen LogP contribution in [0.4, 0.5) is 17.6 Å². The first-order valence-corrected chi connectivity index (χ1v) is 9.44. The summed E-state index contributed by atoms with van der Waals surface area (Å²) in [5.41, 5.74) is -0.211. The number of aliphatic hydroxyl groups excluding tert-OH is 1. The van der Waals surface area contributed by atoms with Crippen LogP contribution in [0.5, 0.6) is 11.6 Å². The van der Waals surface area contributed by atoms with E-state index in [0.717, 1.165) is 12.1 Å². The second kappa shape index (κ2) is 8.10. The molecule has 0 unspecified atom stereocenters. The van der Waals surface area contributed by atoms with Gasteiger partial charge in [-0.3, -0.25) is 4.79 Å². The maximum absolute atomic E-state index is 13.4. The van der Waals surface area contributed by atoms with Crippen LogP contribution in [0, 0.1) is 0 Å². The number of amides is 1. The Morgan fingerprint density at radius 3 is 2.65 bits per heavy atom. The molecule has 10 heteroatoms. The van der Waals surface area contributed by atoms with Crippen molar-refractivity contribution in [1.29, 1.82) is 0 Å². The number of carbonyl (C=O) groups is 1. The van der Waals surface area contributed by atoms with Crippen molar-refractivity contribution in [2.45, 2.75) is 24.9 Å². The number of β-amino-alcohol motifs (C(OH)–C–C–N with tert-alkyl or cyclic N) is 1. The molecule has 1 aliphatic rings. The number of hydrogen-bond donors (Lipinski definition) is 1. The van der Waals surface area contributed by atoms with Crippen LogP contribution in [0.2, 0.25) is 0 Å². The first-order chi connectivity index (χ1) is 14.7. The van der Waals surface area contributed by atoms with Gasteiger partial charge in [0.2, 0.25) is 5.88 Å². The number of pyridine rings is 2. The van der Waals surface area contributed by atoms with Gasteiger partial charge in [0.25, 0.3) is 5.91 Å². The summed E-state index contributed by atoms with van der Waals surface area (Å²) in [5, 5.41) is 10.3. The van der Waals surface area contributed by atoms with Crippen molar-refractivity contribution in [3.05, 3.63) is 59.9 Å². The van der Waals surface area contributed by atoms with Crippen molar-refractivity contribution >= 4 is 16.8 Å². The largest absolute Gasteiger partial charge is 0.439 e. The van der Waals surface area contributed by atoms with Gasteiger partial charge in [0.1, 0.15) is 23.7 Å². The molecule has 1 amide bonds. The van der Waals surface area contributed by atoms with Crippen LogP contribution in [0.1, 0.15) is 22.5 Å². The third-order valence-electron chi connectivity index (χ3n) is 4.95. The van der Waals surface area contributed by atoms with E-state index in [2.05, 4.69) is 9.97 Å². The summed E-state index contributed by atoms with van der Waals surface area (Å²) in [7, 11) is 0. The number of rotatable bonds is 3. The molecule has 0 spiro atoms. The maximum atomic E-state index is 13.4. The van der Waals surface area contributed by atoms with Crippen molar-refractivity contribution in [2.24, 2.45) is 0 Å². The summed E-state index contributed by atoms with van der Waals surface area (Å²) in [5.74, 6) is -0.0576. The highest BCUT2D eigenvalue weighted by Crippen LogP contribution is 2.30. The Morgan fingerprint density at radius 1 is 1.16 bits per heavy atom. The molecule has 2 atom stereocenters. The number of likely N-dealkylation sites (tertiary alicyclic amines) is 1.